The number of aryl methyl sites for hydroxylation is 1. The van der Waals surface area contributed by atoms with E-state index in [9.17, 15) is 0 Å². The first kappa shape index (κ1) is 11.3. The number of rotatable bonds is 3. The van der Waals surface area contributed by atoms with Gasteiger partial charge < -0.3 is 0 Å². The van der Waals surface area contributed by atoms with E-state index in [1.807, 2.05) is 67.8 Å². The Morgan fingerprint density at radius 1 is 0.941 bits per heavy atom. The van der Waals surface area contributed by atoms with Gasteiger partial charge in [-0.15, -0.1) is 0 Å². The summed E-state index contributed by atoms with van der Waals surface area (Å²) in [7, 11) is 0. The van der Waals surface area contributed by atoms with Gasteiger partial charge in [0.2, 0.25) is 0 Å². The maximum atomic E-state index is 4.23. The van der Waals surface area contributed by atoms with E-state index in [2.05, 4.69) is 9.97 Å². The Hall–Kier alpha value is -2.22. The molecule has 0 fully saturated rings. The maximum absolute atomic E-state index is 4.23. The van der Waals surface area contributed by atoms with Gasteiger partial charge in [0.1, 0.15) is 0 Å². The minimum Gasteiger partial charge on any atom is -0.261 e. The van der Waals surface area contributed by atoms with Gasteiger partial charge in [0, 0.05) is 18.1 Å². The summed E-state index contributed by atoms with van der Waals surface area (Å²) >= 11 is 0. The molecule has 0 atom stereocenters. The van der Waals surface area contributed by atoms with Gasteiger partial charge in [0.25, 0.3) is 0 Å². The Kier molecular flexibility index (Phi) is 3.81. The van der Waals surface area contributed by atoms with E-state index >= 15 is 0 Å². The second kappa shape index (κ2) is 5.75. The molecule has 17 heavy (non-hydrogen) atoms. The van der Waals surface area contributed by atoms with Crippen LogP contribution in [0.4, 0.5) is 0 Å². The highest BCUT2D eigenvalue weighted by Crippen LogP contribution is 2.02. The van der Waals surface area contributed by atoms with E-state index in [0.717, 1.165) is 17.0 Å². The van der Waals surface area contributed by atoms with Crippen molar-refractivity contribution in [3.63, 3.8) is 0 Å². The lowest BCUT2D eigenvalue weighted by Crippen LogP contribution is -1.79. The highest BCUT2D eigenvalue weighted by Gasteiger charge is 1.86. The zero-order chi connectivity index (χ0) is 11.9. The Morgan fingerprint density at radius 3 is 2.53 bits per heavy atom. The summed E-state index contributed by atoms with van der Waals surface area (Å²) in [5, 5.41) is 0. The molecule has 84 valence electrons. The van der Waals surface area contributed by atoms with Crippen LogP contribution < -0.4 is 0 Å². The lowest BCUT2D eigenvalue weighted by Gasteiger charge is -1.92. The van der Waals surface area contributed by atoms with E-state index in [1.54, 1.807) is 6.20 Å². The number of nitrogens with zero attached hydrogens (tertiary/aromatic N) is 2. The molecule has 0 saturated heterocycles. The Morgan fingerprint density at radius 2 is 1.82 bits per heavy atom. The molecule has 0 aliphatic heterocycles. The molecule has 0 saturated carbocycles. The van der Waals surface area contributed by atoms with Crippen LogP contribution in [0, 0.1) is 6.92 Å². The molecule has 0 amide bonds. The minimum atomic E-state index is 0.958. The molecule has 2 rings (SSSR count). The highest BCUT2D eigenvalue weighted by atomic mass is 14.7. The van der Waals surface area contributed by atoms with Crippen LogP contribution in [0.2, 0.25) is 0 Å². The number of allylic oxidation sites excluding steroid dienone is 2. The van der Waals surface area contributed by atoms with E-state index in [1.165, 1.54) is 0 Å². The molecule has 2 nitrogen and oxygen atoms in total. The van der Waals surface area contributed by atoms with Crippen molar-refractivity contribution in [3.05, 3.63) is 71.8 Å². The van der Waals surface area contributed by atoms with E-state index in [4.69, 9.17) is 0 Å². The van der Waals surface area contributed by atoms with Crippen molar-refractivity contribution in [2.45, 2.75) is 6.92 Å². The summed E-state index contributed by atoms with van der Waals surface area (Å²) in [6.07, 6.45) is 11.6. The molecule has 2 aromatic rings. The maximum Gasteiger partial charge on any atom is 0.0629 e. The Balaban J connectivity index is 1.98. The third-order valence-electron chi connectivity index (χ3n) is 2.29. The van der Waals surface area contributed by atoms with E-state index in [-0.39, 0.29) is 0 Å². The predicted molar refractivity (Wildman–Crippen MR) is 71.3 cm³/mol. The summed E-state index contributed by atoms with van der Waals surface area (Å²) in [6, 6.07) is 9.90. The fourth-order valence-corrected chi connectivity index (χ4v) is 1.37. The molecule has 2 heterocycles. The summed E-state index contributed by atoms with van der Waals surface area (Å²) in [5.41, 5.74) is 3.09. The molecular weight excluding hydrogens is 208 g/mol. The molecule has 2 aromatic heterocycles. The second-order valence-corrected chi connectivity index (χ2v) is 3.71. The van der Waals surface area contributed by atoms with Gasteiger partial charge in [-0.2, -0.15) is 0 Å². The highest BCUT2D eigenvalue weighted by molar-refractivity contribution is 5.54. The van der Waals surface area contributed by atoms with Crippen molar-refractivity contribution in [2.24, 2.45) is 0 Å². The molecule has 0 N–H and O–H groups in total. The third kappa shape index (κ3) is 3.68. The third-order valence-corrected chi connectivity index (χ3v) is 2.29. The average Bonchev–Trinajstić information content (AvgIpc) is 2.38. The van der Waals surface area contributed by atoms with Gasteiger partial charge in [0.05, 0.1) is 5.69 Å². The SMILES string of the molecule is Cc1ccc(C=CC=Cc2ccccn2)cn1. The first-order valence-electron chi connectivity index (χ1n) is 5.53. The first-order chi connectivity index (χ1) is 8.34. The van der Waals surface area contributed by atoms with Gasteiger partial charge in [-0.1, -0.05) is 30.4 Å². The fraction of sp³-hybridized carbons (Fsp3) is 0.0667. The summed E-state index contributed by atoms with van der Waals surface area (Å²) in [4.78, 5) is 8.43. The van der Waals surface area contributed by atoms with Crippen LogP contribution in [0.5, 0.6) is 0 Å². The molecule has 0 aromatic carbocycles. The van der Waals surface area contributed by atoms with Gasteiger partial charge in [-0.05, 0) is 36.8 Å². The van der Waals surface area contributed by atoms with Crippen LogP contribution in [0.1, 0.15) is 17.0 Å². The van der Waals surface area contributed by atoms with Gasteiger partial charge in [0.15, 0.2) is 0 Å². The summed E-state index contributed by atoms with van der Waals surface area (Å²) < 4.78 is 0. The predicted octanol–water partition coefficient (Wildman–Crippen LogP) is 3.51. The fourth-order valence-electron chi connectivity index (χ4n) is 1.37. The zero-order valence-corrected chi connectivity index (χ0v) is 9.75. The van der Waals surface area contributed by atoms with E-state index < -0.39 is 0 Å². The number of aromatic nitrogens is 2. The Bertz CT molecular complexity index is 510. The molecular formula is C15H14N2. The minimum absolute atomic E-state index is 0.958. The first-order valence-corrected chi connectivity index (χ1v) is 5.53. The summed E-state index contributed by atoms with van der Waals surface area (Å²) in [6.45, 7) is 1.98. The Labute approximate surface area is 101 Å². The largest absolute Gasteiger partial charge is 0.261 e. The number of hydrogen-bond acceptors (Lipinski definition) is 2. The molecule has 0 aliphatic carbocycles. The van der Waals surface area contributed by atoms with Crippen LogP contribution in [0.3, 0.4) is 0 Å². The molecule has 0 aliphatic rings. The van der Waals surface area contributed by atoms with Crippen molar-refractivity contribution in [1.29, 1.82) is 0 Å². The zero-order valence-electron chi connectivity index (χ0n) is 9.75. The number of hydrogen-bond donors (Lipinski definition) is 0. The van der Waals surface area contributed by atoms with Gasteiger partial charge in [-0.25, -0.2) is 0 Å². The standard InChI is InChI=1S/C15H14N2/c1-13-9-10-14(12-17-13)6-2-3-7-15-8-4-5-11-16-15/h2-12H,1H3. The van der Waals surface area contributed by atoms with Crippen LogP contribution in [0.25, 0.3) is 12.2 Å². The van der Waals surface area contributed by atoms with Crippen molar-refractivity contribution in [2.75, 3.05) is 0 Å². The van der Waals surface area contributed by atoms with Gasteiger partial charge in [-0.3, -0.25) is 9.97 Å². The molecule has 0 bridgehead atoms. The van der Waals surface area contributed by atoms with Crippen LogP contribution in [-0.2, 0) is 0 Å². The van der Waals surface area contributed by atoms with Crippen molar-refractivity contribution in [3.8, 4) is 0 Å². The van der Waals surface area contributed by atoms with Gasteiger partial charge >= 0.3 is 0 Å². The van der Waals surface area contributed by atoms with Crippen molar-refractivity contribution >= 4 is 12.2 Å². The molecule has 0 spiro atoms. The van der Waals surface area contributed by atoms with Crippen LogP contribution >= 0.6 is 0 Å². The second-order valence-electron chi connectivity index (χ2n) is 3.71. The monoisotopic (exact) mass is 222 g/mol. The topological polar surface area (TPSA) is 25.8 Å². The lowest BCUT2D eigenvalue weighted by molar-refractivity contribution is 1.19. The quantitative estimate of drug-likeness (QED) is 0.743. The van der Waals surface area contributed by atoms with Crippen LogP contribution in [0.15, 0.2) is 54.9 Å². The smallest absolute Gasteiger partial charge is 0.0629 e. The summed E-state index contributed by atoms with van der Waals surface area (Å²) in [5.74, 6) is 0. The molecule has 2 heteroatoms. The van der Waals surface area contributed by atoms with Crippen molar-refractivity contribution < 1.29 is 0 Å². The average molecular weight is 222 g/mol. The molecule has 0 radical (unpaired) electrons. The lowest BCUT2D eigenvalue weighted by atomic mass is 10.2. The van der Waals surface area contributed by atoms with Crippen LogP contribution in [-0.4, -0.2) is 9.97 Å². The number of pyridine rings is 2. The van der Waals surface area contributed by atoms with E-state index in [0.29, 0.717) is 0 Å². The normalized spacial score (nSPS) is 11.4. The van der Waals surface area contributed by atoms with Crippen molar-refractivity contribution in [1.82, 2.24) is 9.97 Å². The molecule has 0 unspecified atom stereocenters.